The van der Waals surface area contributed by atoms with Crippen LogP contribution < -0.4 is 0 Å². The Morgan fingerprint density at radius 3 is 2.61 bits per heavy atom. The van der Waals surface area contributed by atoms with Gasteiger partial charge in [-0.3, -0.25) is 10.1 Å². The second-order valence-electron chi connectivity index (χ2n) is 7.38. The lowest BCUT2D eigenvalue weighted by molar-refractivity contribution is -0.384. The van der Waals surface area contributed by atoms with E-state index in [1.165, 1.54) is 41.4 Å². The van der Waals surface area contributed by atoms with E-state index in [2.05, 4.69) is 21.0 Å². The van der Waals surface area contributed by atoms with E-state index in [-0.39, 0.29) is 23.6 Å². The number of thiazole rings is 1. The maximum Gasteiger partial charge on any atom is 0.341 e. The fourth-order valence-corrected chi connectivity index (χ4v) is 4.95. The molecule has 180 valence electrons. The minimum Gasteiger partial charge on any atom is -0.462 e. The zero-order valence-corrected chi connectivity index (χ0v) is 20.7. The summed E-state index contributed by atoms with van der Waals surface area (Å²) >= 11 is 2.64. The van der Waals surface area contributed by atoms with Gasteiger partial charge in [0.05, 0.1) is 29.0 Å². The van der Waals surface area contributed by atoms with Crippen LogP contribution in [0.1, 0.15) is 39.5 Å². The normalized spacial score (nSPS) is 11.4. The van der Waals surface area contributed by atoms with E-state index in [1.807, 2.05) is 30.3 Å². The van der Waals surface area contributed by atoms with Crippen LogP contribution >= 0.6 is 23.1 Å². The van der Waals surface area contributed by atoms with Gasteiger partial charge in [-0.2, -0.15) is 5.26 Å². The Hall–Kier alpha value is -4.14. The second kappa shape index (κ2) is 11.5. The maximum absolute atomic E-state index is 12.6. The molecule has 0 N–H and O–H groups in total. The highest BCUT2D eigenvalue weighted by molar-refractivity contribution is 7.98. The lowest BCUT2D eigenvalue weighted by Crippen LogP contribution is -2.14. The molecule has 36 heavy (non-hydrogen) atoms. The van der Waals surface area contributed by atoms with Crippen molar-refractivity contribution in [2.75, 3.05) is 6.61 Å². The Labute approximate surface area is 215 Å². The van der Waals surface area contributed by atoms with E-state index in [0.29, 0.717) is 27.2 Å². The van der Waals surface area contributed by atoms with Gasteiger partial charge in [-0.25, -0.2) is 19.7 Å². The summed E-state index contributed by atoms with van der Waals surface area (Å²) < 4.78 is 5.17. The molecule has 0 fully saturated rings. The molecule has 0 saturated carbocycles. The van der Waals surface area contributed by atoms with Gasteiger partial charge in [-0.05, 0) is 24.6 Å². The van der Waals surface area contributed by atoms with E-state index in [0.717, 1.165) is 5.56 Å². The lowest BCUT2D eigenvalue weighted by atomic mass is 10.0. The SMILES string of the molecule is CCOC(=O)c1cnc(SCc2ccccc2)nc1C(C#N)c1nc(-c2ccc([N+](=O)[O-])cc2)cs1. The number of benzene rings is 2. The van der Waals surface area contributed by atoms with Gasteiger partial charge in [0.2, 0.25) is 0 Å². The van der Waals surface area contributed by atoms with Gasteiger partial charge >= 0.3 is 5.97 Å². The van der Waals surface area contributed by atoms with Gasteiger partial charge < -0.3 is 4.74 Å². The standard InChI is InChI=1S/C25H19N5O4S2/c1-2-34-24(31)20-13-27-25(36-14-16-6-4-3-5-7-16)29-22(20)19(12-26)23-28-21(15-35-23)17-8-10-18(11-9-17)30(32)33/h3-11,13,15,19H,2,14H2,1H3. The summed E-state index contributed by atoms with van der Waals surface area (Å²) in [7, 11) is 0. The van der Waals surface area contributed by atoms with Gasteiger partial charge in [-0.15, -0.1) is 11.3 Å². The Morgan fingerprint density at radius 1 is 1.19 bits per heavy atom. The number of non-ortho nitro benzene ring substituents is 1. The molecule has 4 aromatic rings. The summed E-state index contributed by atoms with van der Waals surface area (Å²) in [5.74, 6) is -0.919. The van der Waals surface area contributed by atoms with Crippen molar-refractivity contribution < 1.29 is 14.5 Å². The van der Waals surface area contributed by atoms with E-state index >= 15 is 0 Å². The summed E-state index contributed by atoms with van der Waals surface area (Å²) in [5, 5.41) is 23.6. The van der Waals surface area contributed by atoms with Crippen molar-refractivity contribution in [3.05, 3.63) is 98.1 Å². The molecule has 0 saturated heterocycles. The largest absolute Gasteiger partial charge is 0.462 e. The number of rotatable bonds is 9. The lowest BCUT2D eigenvalue weighted by Gasteiger charge is -2.12. The molecular formula is C25H19N5O4S2. The molecule has 2 aromatic carbocycles. The first-order valence-corrected chi connectivity index (χ1v) is 12.7. The highest BCUT2D eigenvalue weighted by Gasteiger charge is 2.27. The highest BCUT2D eigenvalue weighted by atomic mass is 32.2. The number of nitro groups is 1. The second-order valence-corrected chi connectivity index (χ2v) is 9.22. The van der Waals surface area contributed by atoms with Gasteiger partial charge in [0.1, 0.15) is 16.5 Å². The van der Waals surface area contributed by atoms with Gasteiger partial charge in [-0.1, -0.05) is 42.1 Å². The van der Waals surface area contributed by atoms with Crippen LogP contribution in [0.3, 0.4) is 0 Å². The number of carbonyl (C=O) groups is 1. The number of nitriles is 1. The van der Waals surface area contributed by atoms with E-state index in [4.69, 9.17) is 4.74 Å². The number of hydrogen-bond donors (Lipinski definition) is 0. The molecule has 0 spiro atoms. The first-order chi connectivity index (χ1) is 17.5. The molecule has 0 aliphatic rings. The number of nitro benzene ring substituents is 1. The topological polar surface area (TPSA) is 132 Å². The van der Waals surface area contributed by atoms with Crippen LogP contribution in [-0.2, 0) is 10.5 Å². The molecule has 2 aromatic heterocycles. The summed E-state index contributed by atoms with van der Waals surface area (Å²) in [6, 6.07) is 18.0. The van der Waals surface area contributed by atoms with Crippen LogP contribution in [0.15, 0.2) is 71.3 Å². The van der Waals surface area contributed by atoms with Crippen LogP contribution in [0.2, 0.25) is 0 Å². The molecular weight excluding hydrogens is 498 g/mol. The fraction of sp³-hybridized carbons (Fsp3) is 0.160. The van der Waals surface area contributed by atoms with Crippen LogP contribution in [0.4, 0.5) is 5.69 Å². The van der Waals surface area contributed by atoms with Crippen LogP contribution in [0, 0.1) is 21.4 Å². The molecule has 4 rings (SSSR count). The molecule has 11 heteroatoms. The predicted octanol–water partition coefficient (Wildman–Crippen LogP) is 5.63. The van der Waals surface area contributed by atoms with Crippen molar-refractivity contribution in [2.24, 2.45) is 0 Å². The molecule has 9 nitrogen and oxygen atoms in total. The minimum absolute atomic E-state index is 0.0234. The zero-order valence-electron chi connectivity index (χ0n) is 19.0. The zero-order chi connectivity index (χ0) is 25.5. The first-order valence-electron chi connectivity index (χ1n) is 10.8. The number of hydrogen-bond acceptors (Lipinski definition) is 10. The van der Waals surface area contributed by atoms with Crippen molar-refractivity contribution in [3.63, 3.8) is 0 Å². The summed E-state index contributed by atoms with van der Waals surface area (Å²) in [4.78, 5) is 36.6. The molecule has 0 amide bonds. The van der Waals surface area contributed by atoms with Crippen LogP contribution in [-0.4, -0.2) is 32.5 Å². The summed E-state index contributed by atoms with van der Waals surface area (Å²) in [6.07, 6.45) is 1.39. The average Bonchev–Trinajstić information content (AvgIpc) is 3.39. The molecule has 1 unspecified atom stereocenters. The quantitative estimate of drug-likeness (QED) is 0.0910. The summed E-state index contributed by atoms with van der Waals surface area (Å²) in [6.45, 7) is 1.86. The Morgan fingerprint density at radius 2 is 1.94 bits per heavy atom. The van der Waals surface area contributed by atoms with Crippen molar-refractivity contribution in [3.8, 4) is 17.3 Å². The number of esters is 1. The molecule has 0 aliphatic carbocycles. The molecule has 0 bridgehead atoms. The Bertz CT molecular complexity index is 1420. The summed E-state index contributed by atoms with van der Waals surface area (Å²) in [5.41, 5.74) is 2.64. The Balaban J connectivity index is 1.66. The smallest absolute Gasteiger partial charge is 0.341 e. The predicted molar refractivity (Wildman–Crippen MR) is 136 cm³/mol. The number of ether oxygens (including phenoxy) is 1. The average molecular weight is 518 g/mol. The van der Waals surface area contributed by atoms with E-state index in [1.54, 1.807) is 24.4 Å². The highest BCUT2D eigenvalue weighted by Crippen LogP contribution is 2.33. The van der Waals surface area contributed by atoms with Crippen LogP contribution in [0.25, 0.3) is 11.3 Å². The van der Waals surface area contributed by atoms with Crippen molar-refractivity contribution >= 4 is 34.8 Å². The van der Waals surface area contributed by atoms with Gasteiger partial charge in [0.25, 0.3) is 5.69 Å². The number of nitrogens with zero attached hydrogens (tertiary/aromatic N) is 5. The minimum atomic E-state index is -0.930. The molecule has 2 heterocycles. The maximum atomic E-state index is 12.6. The third-order valence-corrected chi connectivity index (χ3v) is 6.89. The number of carbonyl (C=O) groups excluding carboxylic acids is 1. The van der Waals surface area contributed by atoms with Gasteiger partial charge in [0, 0.05) is 35.0 Å². The molecule has 0 radical (unpaired) electrons. The monoisotopic (exact) mass is 517 g/mol. The number of thioether (sulfide) groups is 1. The fourth-order valence-electron chi connectivity index (χ4n) is 3.30. The number of aromatic nitrogens is 3. The third kappa shape index (κ3) is 5.73. The third-order valence-electron chi connectivity index (χ3n) is 5.05. The van der Waals surface area contributed by atoms with E-state index in [9.17, 15) is 20.2 Å². The van der Waals surface area contributed by atoms with Gasteiger partial charge in [0.15, 0.2) is 5.16 Å². The first kappa shape index (κ1) is 25.0. The van der Waals surface area contributed by atoms with Crippen molar-refractivity contribution in [1.82, 2.24) is 15.0 Å². The molecule has 0 aliphatic heterocycles. The Kier molecular flexibility index (Phi) is 7.99. The van der Waals surface area contributed by atoms with E-state index < -0.39 is 16.8 Å². The van der Waals surface area contributed by atoms with Crippen LogP contribution in [0.5, 0.6) is 0 Å². The van der Waals surface area contributed by atoms with Crippen molar-refractivity contribution in [1.29, 1.82) is 5.26 Å². The molecule has 1 atom stereocenters. The van der Waals surface area contributed by atoms with Crippen molar-refractivity contribution in [2.45, 2.75) is 23.8 Å².